The van der Waals surface area contributed by atoms with E-state index in [-0.39, 0.29) is 11.9 Å². The van der Waals surface area contributed by atoms with Crippen molar-refractivity contribution in [2.75, 3.05) is 12.0 Å². The van der Waals surface area contributed by atoms with Crippen molar-refractivity contribution >= 4 is 40.3 Å². The Morgan fingerprint density at radius 3 is 2.74 bits per heavy atom. The molecular weight excluding hydrogens is 428 g/mol. The number of benzene rings is 2. The molecule has 2 aromatic carbocycles. The zero-order valence-corrected chi connectivity index (χ0v) is 19.1. The second kappa shape index (κ2) is 7.35. The third-order valence-corrected chi connectivity index (χ3v) is 7.11. The Hall–Kier alpha value is -2.90. The predicted octanol–water partition coefficient (Wildman–Crippen LogP) is 5.55. The van der Waals surface area contributed by atoms with E-state index in [1.807, 2.05) is 72.7 Å². The number of hydrogen-bond donors (Lipinski definition) is 0. The van der Waals surface area contributed by atoms with E-state index in [0.29, 0.717) is 27.9 Å². The Balaban J connectivity index is 1.72. The maximum atomic E-state index is 13.6. The molecule has 31 heavy (non-hydrogen) atoms. The summed E-state index contributed by atoms with van der Waals surface area (Å²) in [5.41, 5.74) is 2.15. The molecule has 1 fully saturated rings. The standard InChI is InChI=1S/C24H22N2O3S2/c1-15-7-4-8-16(13-15)26-23(30)25(22(27)20-11-6-12-31-20)18-14-24(26,2)29-21-17(18)9-5-10-19(21)28-3/h4-13,18H,14H2,1-3H3/t18-,24+/m1/s1. The molecule has 5 rings (SSSR count). The van der Waals surface area contributed by atoms with Crippen molar-refractivity contribution in [3.05, 3.63) is 76.0 Å². The quantitative estimate of drug-likeness (QED) is 0.489. The van der Waals surface area contributed by atoms with Crippen molar-refractivity contribution in [2.24, 2.45) is 0 Å². The lowest BCUT2D eigenvalue weighted by atomic mass is 9.88. The van der Waals surface area contributed by atoms with Crippen LogP contribution in [0.3, 0.4) is 0 Å². The number of carbonyl (C=O) groups is 1. The van der Waals surface area contributed by atoms with Crippen LogP contribution in [0.2, 0.25) is 0 Å². The van der Waals surface area contributed by atoms with Gasteiger partial charge in [0.15, 0.2) is 22.3 Å². The fraction of sp³-hybridized carbons (Fsp3) is 0.250. The van der Waals surface area contributed by atoms with Crippen LogP contribution in [0.25, 0.3) is 0 Å². The summed E-state index contributed by atoms with van der Waals surface area (Å²) in [6.45, 7) is 4.06. The molecule has 0 aliphatic carbocycles. The Labute approximate surface area is 190 Å². The fourth-order valence-corrected chi connectivity index (χ4v) is 5.67. The molecule has 0 saturated carbocycles. The van der Waals surface area contributed by atoms with Crippen LogP contribution in [-0.4, -0.2) is 28.8 Å². The van der Waals surface area contributed by atoms with Gasteiger partial charge in [0.1, 0.15) is 0 Å². The van der Waals surface area contributed by atoms with Gasteiger partial charge in [0.25, 0.3) is 5.91 Å². The van der Waals surface area contributed by atoms with E-state index in [1.54, 1.807) is 12.0 Å². The highest BCUT2D eigenvalue weighted by Gasteiger charge is 2.54. The minimum atomic E-state index is -0.761. The Morgan fingerprint density at radius 2 is 2.03 bits per heavy atom. The number of ether oxygens (including phenoxy) is 2. The molecule has 0 radical (unpaired) electrons. The number of thiocarbonyl (C=S) groups is 1. The van der Waals surface area contributed by atoms with E-state index < -0.39 is 5.72 Å². The molecular formula is C24H22N2O3S2. The van der Waals surface area contributed by atoms with E-state index in [1.165, 1.54) is 11.3 Å². The van der Waals surface area contributed by atoms with Gasteiger partial charge in [-0.2, -0.15) is 0 Å². The van der Waals surface area contributed by atoms with Crippen molar-refractivity contribution in [3.8, 4) is 11.5 Å². The molecule has 5 nitrogen and oxygen atoms in total. The minimum Gasteiger partial charge on any atom is -0.493 e. The summed E-state index contributed by atoms with van der Waals surface area (Å²) < 4.78 is 12.2. The summed E-state index contributed by atoms with van der Waals surface area (Å²) in [5.74, 6) is 1.21. The molecule has 1 saturated heterocycles. The smallest absolute Gasteiger partial charge is 0.270 e. The second-order valence-electron chi connectivity index (χ2n) is 7.99. The van der Waals surface area contributed by atoms with E-state index in [0.717, 1.165) is 16.8 Å². The zero-order chi connectivity index (χ0) is 21.8. The average molecular weight is 451 g/mol. The van der Waals surface area contributed by atoms with Crippen LogP contribution in [0.4, 0.5) is 5.69 Å². The summed E-state index contributed by atoms with van der Waals surface area (Å²) >= 11 is 7.39. The van der Waals surface area contributed by atoms with Gasteiger partial charge in [-0.05, 0) is 61.3 Å². The highest BCUT2D eigenvalue weighted by molar-refractivity contribution is 7.80. The molecule has 2 atom stereocenters. The molecule has 2 bridgehead atoms. The van der Waals surface area contributed by atoms with Crippen LogP contribution in [0.15, 0.2) is 60.0 Å². The molecule has 0 unspecified atom stereocenters. The third-order valence-electron chi connectivity index (χ3n) is 5.87. The molecule has 3 heterocycles. The number of thiophene rings is 1. The normalized spacial score (nSPS) is 22.0. The number of nitrogens with zero attached hydrogens (tertiary/aromatic N) is 2. The number of rotatable bonds is 3. The first-order valence-corrected chi connectivity index (χ1v) is 11.4. The topological polar surface area (TPSA) is 42.0 Å². The van der Waals surface area contributed by atoms with Crippen LogP contribution in [0.5, 0.6) is 11.5 Å². The number of aryl methyl sites for hydroxylation is 1. The van der Waals surface area contributed by atoms with E-state index in [9.17, 15) is 4.79 Å². The molecule has 158 valence electrons. The lowest BCUT2D eigenvalue weighted by Crippen LogP contribution is -2.67. The largest absolute Gasteiger partial charge is 0.493 e. The first-order chi connectivity index (χ1) is 14.9. The molecule has 0 spiro atoms. The van der Waals surface area contributed by atoms with Gasteiger partial charge in [-0.25, -0.2) is 0 Å². The monoisotopic (exact) mass is 450 g/mol. The SMILES string of the molecule is COc1cccc2c1O[C@@]1(C)C[C@H]2N(C(=O)c2cccs2)C(=S)N1c1cccc(C)c1. The van der Waals surface area contributed by atoms with Gasteiger partial charge < -0.3 is 9.47 Å². The van der Waals surface area contributed by atoms with Crippen LogP contribution in [-0.2, 0) is 0 Å². The predicted molar refractivity (Wildman–Crippen MR) is 126 cm³/mol. The third kappa shape index (κ3) is 3.11. The zero-order valence-electron chi connectivity index (χ0n) is 17.5. The van der Waals surface area contributed by atoms with Gasteiger partial charge in [-0.3, -0.25) is 14.6 Å². The van der Waals surface area contributed by atoms with Gasteiger partial charge in [-0.1, -0.05) is 30.3 Å². The van der Waals surface area contributed by atoms with Gasteiger partial charge in [0.2, 0.25) is 0 Å². The number of hydrogen-bond acceptors (Lipinski definition) is 5. The first kappa shape index (κ1) is 20.0. The highest BCUT2D eigenvalue weighted by Crippen LogP contribution is 2.52. The molecule has 2 aliphatic rings. The van der Waals surface area contributed by atoms with E-state index in [2.05, 4.69) is 6.07 Å². The minimum absolute atomic E-state index is 0.0969. The van der Waals surface area contributed by atoms with Crippen LogP contribution < -0.4 is 14.4 Å². The lowest BCUT2D eigenvalue weighted by Gasteiger charge is -2.55. The summed E-state index contributed by atoms with van der Waals surface area (Å²) in [4.78, 5) is 18.0. The van der Waals surface area contributed by atoms with Gasteiger partial charge in [0, 0.05) is 17.7 Å². The van der Waals surface area contributed by atoms with Crippen molar-refractivity contribution in [1.29, 1.82) is 0 Å². The Morgan fingerprint density at radius 1 is 1.23 bits per heavy atom. The van der Waals surface area contributed by atoms with Crippen molar-refractivity contribution in [1.82, 2.24) is 4.90 Å². The summed E-state index contributed by atoms with van der Waals surface area (Å²) in [5, 5.41) is 2.35. The number of amides is 1. The summed E-state index contributed by atoms with van der Waals surface area (Å²) in [7, 11) is 1.63. The second-order valence-corrected chi connectivity index (χ2v) is 9.30. The lowest BCUT2D eigenvalue weighted by molar-refractivity contribution is 0.0164. The Kier molecular flexibility index (Phi) is 4.75. The van der Waals surface area contributed by atoms with Gasteiger partial charge in [-0.15, -0.1) is 11.3 Å². The highest BCUT2D eigenvalue weighted by atomic mass is 32.1. The van der Waals surface area contributed by atoms with Crippen molar-refractivity contribution < 1.29 is 14.3 Å². The molecule has 3 aromatic rings. The molecule has 2 aliphatic heterocycles. The molecule has 0 N–H and O–H groups in total. The van der Waals surface area contributed by atoms with Crippen molar-refractivity contribution in [3.63, 3.8) is 0 Å². The Bertz CT molecular complexity index is 1180. The van der Waals surface area contributed by atoms with Crippen LogP contribution in [0.1, 0.15) is 40.2 Å². The molecule has 1 aromatic heterocycles. The number of fused-ring (bicyclic) bond motifs is 4. The van der Waals surface area contributed by atoms with Gasteiger partial charge >= 0.3 is 0 Å². The number of carbonyl (C=O) groups excluding carboxylic acids is 1. The summed E-state index contributed by atoms with van der Waals surface area (Å²) in [6, 6.07) is 17.4. The van der Waals surface area contributed by atoms with Crippen molar-refractivity contribution in [2.45, 2.75) is 32.0 Å². The summed E-state index contributed by atoms with van der Waals surface area (Å²) in [6.07, 6.45) is 0.582. The number of para-hydroxylation sites is 1. The van der Waals surface area contributed by atoms with Crippen LogP contribution in [0, 0.1) is 6.92 Å². The molecule has 7 heteroatoms. The fourth-order valence-electron chi connectivity index (χ4n) is 4.50. The van der Waals surface area contributed by atoms with Crippen LogP contribution >= 0.6 is 23.6 Å². The first-order valence-electron chi connectivity index (χ1n) is 10.1. The maximum absolute atomic E-state index is 13.6. The van der Waals surface area contributed by atoms with Gasteiger partial charge in [0.05, 0.1) is 18.0 Å². The van der Waals surface area contributed by atoms with E-state index >= 15 is 0 Å². The van der Waals surface area contributed by atoms with E-state index in [4.69, 9.17) is 21.7 Å². The average Bonchev–Trinajstić information content (AvgIpc) is 3.28. The number of anilines is 1. The maximum Gasteiger partial charge on any atom is 0.270 e. The molecule has 1 amide bonds. The number of methoxy groups -OCH3 is 1.